The minimum Gasteiger partial charge on any atom is -0.466 e. The standard InChI is InChI=1S/C56H107NO5/c1-3-5-7-9-11-13-15-17-19-20-21-22-23-25-30-34-38-42-46-50-56(61)62-51-47-43-39-35-31-27-26-29-33-37-41-45-49-55(60)57-53(52-58)54(59)48-44-40-36-32-28-24-18-16-14-12-10-8-6-4-2/h17,19,44,48,53-54,58-59H,3-16,18,20-43,45-47,49-52H2,1-2H3,(H,57,60)/b19-17-,48-44+. The highest BCUT2D eigenvalue weighted by Gasteiger charge is 2.18. The first kappa shape index (κ1) is 60.3. The third-order valence-electron chi connectivity index (χ3n) is 12.7. The number of aliphatic hydroxyl groups is 2. The first-order valence-electron chi connectivity index (χ1n) is 27.6. The van der Waals surface area contributed by atoms with Crippen LogP contribution in [0.5, 0.6) is 0 Å². The number of allylic oxidation sites excluding steroid dienone is 3. The highest BCUT2D eigenvalue weighted by atomic mass is 16.5. The Morgan fingerprint density at radius 2 is 0.758 bits per heavy atom. The molecule has 0 aromatic heterocycles. The summed E-state index contributed by atoms with van der Waals surface area (Å²) in [5.41, 5.74) is 0. The molecular weight excluding hydrogens is 767 g/mol. The van der Waals surface area contributed by atoms with Gasteiger partial charge in [-0.25, -0.2) is 0 Å². The predicted octanol–water partition coefficient (Wildman–Crippen LogP) is 16.7. The van der Waals surface area contributed by atoms with E-state index in [0.717, 1.165) is 57.8 Å². The van der Waals surface area contributed by atoms with E-state index >= 15 is 0 Å². The summed E-state index contributed by atoms with van der Waals surface area (Å²) < 4.78 is 5.48. The molecule has 0 saturated carbocycles. The lowest BCUT2D eigenvalue weighted by molar-refractivity contribution is -0.143. The number of hydrogen-bond donors (Lipinski definition) is 3. The lowest BCUT2D eigenvalue weighted by Gasteiger charge is -2.20. The lowest BCUT2D eigenvalue weighted by atomic mass is 10.0. The monoisotopic (exact) mass is 874 g/mol. The summed E-state index contributed by atoms with van der Waals surface area (Å²) >= 11 is 0. The fourth-order valence-electron chi connectivity index (χ4n) is 8.45. The van der Waals surface area contributed by atoms with Gasteiger partial charge in [-0.3, -0.25) is 9.59 Å². The second kappa shape index (κ2) is 52.0. The number of carbonyl (C=O) groups is 2. The van der Waals surface area contributed by atoms with Gasteiger partial charge in [-0.15, -0.1) is 0 Å². The van der Waals surface area contributed by atoms with Crippen LogP contribution in [-0.2, 0) is 14.3 Å². The van der Waals surface area contributed by atoms with E-state index in [9.17, 15) is 19.8 Å². The van der Waals surface area contributed by atoms with Gasteiger partial charge < -0.3 is 20.3 Å². The first-order valence-corrected chi connectivity index (χ1v) is 27.6. The molecule has 0 heterocycles. The average molecular weight is 874 g/mol. The Bertz CT molecular complexity index is 966. The summed E-state index contributed by atoms with van der Waals surface area (Å²) in [4.78, 5) is 24.5. The van der Waals surface area contributed by atoms with Crippen molar-refractivity contribution in [2.75, 3.05) is 13.2 Å². The summed E-state index contributed by atoms with van der Waals surface area (Å²) in [6.45, 7) is 4.87. The zero-order chi connectivity index (χ0) is 45.1. The second-order valence-electron chi connectivity index (χ2n) is 18.9. The van der Waals surface area contributed by atoms with Crippen LogP contribution in [0.4, 0.5) is 0 Å². The van der Waals surface area contributed by atoms with Crippen LogP contribution in [0.15, 0.2) is 24.3 Å². The molecule has 3 N–H and O–H groups in total. The molecule has 0 saturated heterocycles. The molecule has 0 rings (SSSR count). The van der Waals surface area contributed by atoms with Crippen molar-refractivity contribution >= 4 is 11.9 Å². The van der Waals surface area contributed by atoms with Crippen LogP contribution in [0.25, 0.3) is 0 Å². The van der Waals surface area contributed by atoms with Crippen molar-refractivity contribution in [3.05, 3.63) is 24.3 Å². The maximum Gasteiger partial charge on any atom is 0.305 e. The minimum absolute atomic E-state index is 0.0112. The summed E-state index contributed by atoms with van der Waals surface area (Å²) in [6, 6.07) is -0.639. The summed E-state index contributed by atoms with van der Waals surface area (Å²) in [5.74, 6) is -0.0942. The maximum absolute atomic E-state index is 12.4. The van der Waals surface area contributed by atoms with Crippen LogP contribution in [0.3, 0.4) is 0 Å². The van der Waals surface area contributed by atoms with Crippen molar-refractivity contribution in [1.29, 1.82) is 0 Å². The van der Waals surface area contributed by atoms with Gasteiger partial charge in [-0.1, -0.05) is 250 Å². The zero-order valence-corrected chi connectivity index (χ0v) is 41.6. The van der Waals surface area contributed by atoms with E-state index in [4.69, 9.17) is 4.74 Å². The summed E-state index contributed by atoms with van der Waals surface area (Å²) in [7, 11) is 0. The number of amides is 1. The fraction of sp³-hybridized carbons (Fsp3) is 0.893. The van der Waals surface area contributed by atoms with Gasteiger partial charge in [0, 0.05) is 12.8 Å². The fourth-order valence-corrected chi connectivity index (χ4v) is 8.45. The van der Waals surface area contributed by atoms with Crippen molar-refractivity contribution in [3.63, 3.8) is 0 Å². The van der Waals surface area contributed by atoms with Gasteiger partial charge in [0.1, 0.15) is 0 Å². The average Bonchev–Trinajstić information content (AvgIpc) is 3.27. The first-order chi connectivity index (χ1) is 30.5. The molecule has 6 heteroatoms. The number of nitrogens with one attached hydrogen (secondary N) is 1. The van der Waals surface area contributed by atoms with Gasteiger partial charge in [0.25, 0.3) is 0 Å². The molecule has 0 aliphatic carbocycles. The Labute approximate surface area is 386 Å². The van der Waals surface area contributed by atoms with Crippen molar-refractivity contribution in [2.45, 2.75) is 309 Å². The van der Waals surface area contributed by atoms with E-state index in [1.807, 2.05) is 6.08 Å². The van der Waals surface area contributed by atoms with E-state index in [1.54, 1.807) is 6.08 Å². The molecule has 6 nitrogen and oxygen atoms in total. The Morgan fingerprint density at radius 1 is 0.435 bits per heavy atom. The topological polar surface area (TPSA) is 95.9 Å². The predicted molar refractivity (Wildman–Crippen MR) is 269 cm³/mol. The molecule has 2 unspecified atom stereocenters. The van der Waals surface area contributed by atoms with Gasteiger partial charge >= 0.3 is 5.97 Å². The van der Waals surface area contributed by atoms with Crippen molar-refractivity contribution in [2.24, 2.45) is 0 Å². The van der Waals surface area contributed by atoms with Crippen molar-refractivity contribution in [1.82, 2.24) is 5.32 Å². The molecule has 0 aromatic carbocycles. The molecule has 0 aliphatic heterocycles. The van der Waals surface area contributed by atoms with Gasteiger partial charge in [0.15, 0.2) is 0 Å². The van der Waals surface area contributed by atoms with Crippen LogP contribution < -0.4 is 5.32 Å². The number of esters is 1. The molecule has 0 radical (unpaired) electrons. The highest BCUT2D eigenvalue weighted by molar-refractivity contribution is 5.76. The number of hydrogen-bond acceptors (Lipinski definition) is 5. The molecule has 0 bridgehead atoms. The van der Waals surface area contributed by atoms with E-state index in [0.29, 0.717) is 19.4 Å². The SMILES string of the molecule is CCCCCCCC/C=C\CCCCCCCCCCCC(=O)OCCCCCCCCCCCCCCC(=O)NC(CO)C(O)/C=C/CCCCCCCCCCCCCC. The Hall–Kier alpha value is -1.66. The van der Waals surface area contributed by atoms with Crippen molar-refractivity contribution in [3.8, 4) is 0 Å². The van der Waals surface area contributed by atoms with Crippen LogP contribution >= 0.6 is 0 Å². The third kappa shape index (κ3) is 47.8. The quantitative estimate of drug-likeness (QED) is 0.0321. The molecule has 366 valence electrons. The van der Waals surface area contributed by atoms with Gasteiger partial charge in [0.2, 0.25) is 5.91 Å². The van der Waals surface area contributed by atoms with Crippen LogP contribution in [0.2, 0.25) is 0 Å². The molecule has 62 heavy (non-hydrogen) atoms. The smallest absolute Gasteiger partial charge is 0.305 e. The number of rotatable bonds is 51. The highest BCUT2D eigenvalue weighted by Crippen LogP contribution is 2.16. The lowest BCUT2D eigenvalue weighted by Crippen LogP contribution is -2.45. The molecule has 2 atom stereocenters. The molecule has 0 spiro atoms. The molecule has 0 fully saturated rings. The second-order valence-corrected chi connectivity index (χ2v) is 18.9. The maximum atomic E-state index is 12.4. The van der Waals surface area contributed by atoms with Crippen molar-refractivity contribution < 1.29 is 24.5 Å². The molecule has 1 amide bonds. The normalized spacial score (nSPS) is 12.8. The Kier molecular flexibility index (Phi) is 50.6. The van der Waals surface area contributed by atoms with E-state index in [2.05, 4.69) is 31.3 Å². The van der Waals surface area contributed by atoms with Gasteiger partial charge in [0.05, 0.1) is 25.4 Å². The van der Waals surface area contributed by atoms with Crippen LogP contribution in [0.1, 0.15) is 296 Å². The van der Waals surface area contributed by atoms with Crippen LogP contribution in [-0.4, -0.2) is 47.4 Å². The Balaban J connectivity index is 3.46. The van der Waals surface area contributed by atoms with E-state index in [-0.39, 0.29) is 18.5 Å². The molecule has 0 aliphatic rings. The van der Waals surface area contributed by atoms with Gasteiger partial charge in [-0.2, -0.15) is 0 Å². The number of aliphatic hydroxyl groups excluding tert-OH is 2. The van der Waals surface area contributed by atoms with E-state index in [1.165, 1.54) is 212 Å². The zero-order valence-electron chi connectivity index (χ0n) is 41.6. The summed E-state index contributed by atoms with van der Waals surface area (Å²) in [6.07, 6.45) is 61.8. The number of carbonyl (C=O) groups excluding carboxylic acids is 2. The van der Waals surface area contributed by atoms with Gasteiger partial charge in [-0.05, 0) is 57.8 Å². The largest absolute Gasteiger partial charge is 0.466 e. The third-order valence-corrected chi connectivity index (χ3v) is 12.7. The Morgan fingerprint density at radius 3 is 1.15 bits per heavy atom. The summed E-state index contributed by atoms with van der Waals surface area (Å²) in [5, 5.41) is 23.1. The van der Waals surface area contributed by atoms with Crippen LogP contribution in [0, 0.1) is 0 Å². The van der Waals surface area contributed by atoms with E-state index < -0.39 is 12.1 Å². The minimum atomic E-state index is -0.854. The number of unbranched alkanes of at least 4 members (excludes halogenated alkanes) is 38. The molecule has 0 aromatic rings. The number of ether oxygens (including phenoxy) is 1. The molecular formula is C56H107NO5.